The topological polar surface area (TPSA) is 38.0 Å². The first-order valence-corrected chi connectivity index (χ1v) is 4.81. The average molecular weight is 178 g/mol. The van der Waals surface area contributed by atoms with E-state index in [-0.39, 0.29) is 0 Å². The summed E-state index contributed by atoms with van der Waals surface area (Å²) in [6.07, 6.45) is 2.23. The van der Waals surface area contributed by atoms with E-state index in [0.717, 1.165) is 12.8 Å². The molecule has 3 N–H and O–H groups in total. The van der Waals surface area contributed by atoms with Crippen molar-refractivity contribution in [3.63, 3.8) is 0 Å². The van der Waals surface area contributed by atoms with E-state index in [1.54, 1.807) is 0 Å². The number of nitrogens with one attached hydrogen (secondary N) is 1. The van der Waals surface area contributed by atoms with Gasteiger partial charge in [0.1, 0.15) is 0 Å². The van der Waals surface area contributed by atoms with Crippen molar-refractivity contribution in [1.29, 1.82) is 0 Å². The van der Waals surface area contributed by atoms with Gasteiger partial charge in [0.25, 0.3) is 0 Å². The fourth-order valence-electron chi connectivity index (χ4n) is 1.60. The van der Waals surface area contributed by atoms with Crippen LogP contribution in [-0.4, -0.2) is 0 Å². The van der Waals surface area contributed by atoms with E-state index >= 15 is 0 Å². The van der Waals surface area contributed by atoms with Gasteiger partial charge >= 0.3 is 0 Å². The summed E-state index contributed by atoms with van der Waals surface area (Å²) in [4.78, 5) is 0. The number of hydrogen-bond donors (Lipinski definition) is 2. The zero-order valence-electron chi connectivity index (χ0n) is 8.38. The second kappa shape index (κ2) is 5.00. The molecule has 1 aromatic rings. The van der Waals surface area contributed by atoms with Gasteiger partial charge in [-0.15, -0.1) is 0 Å². The standard InChI is InChI=1S/C11H18N2/c1-3-6-11(13-12)10-8-5-4-7-9(10)2/h4-5,7-8,11,13H,3,6,12H2,1-2H3. The quantitative estimate of drug-likeness (QED) is 0.548. The van der Waals surface area contributed by atoms with Crippen molar-refractivity contribution in [2.24, 2.45) is 5.84 Å². The van der Waals surface area contributed by atoms with Crippen molar-refractivity contribution in [2.45, 2.75) is 32.7 Å². The minimum Gasteiger partial charge on any atom is -0.271 e. The minimum atomic E-state index is 0.297. The first-order chi connectivity index (χ1) is 6.29. The molecule has 0 radical (unpaired) electrons. The van der Waals surface area contributed by atoms with Crippen LogP contribution in [0, 0.1) is 6.92 Å². The smallest absolute Gasteiger partial charge is 0.0462 e. The van der Waals surface area contributed by atoms with E-state index in [0.29, 0.717) is 6.04 Å². The maximum absolute atomic E-state index is 5.51. The molecule has 0 aliphatic heterocycles. The monoisotopic (exact) mass is 178 g/mol. The van der Waals surface area contributed by atoms with Gasteiger partial charge in [0.2, 0.25) is 0 Å². The van der Waals surface area contributed by atoms with Crippen LogP contribution in [0.25, 0.3) is 0 Å². The molecule has 13 heavy (non-hydrogen) atoms. The van der Waals surface area contributed by atoms with Crippen LogP contribution in [0.5, 0.6) is 0 Å². The minimum absolute atomic E-state index is 0.297. The molecule has 0 saturated heterocycles. The van der Waals surface area contributed by atoms with Crippen LogP contribution in [0.1, 0.15) is 36.9 Å². The van der Waals surface area contributed by atoms with E-state index in [1.807, 2.05) is 0 Å². The molecule has 0 saturated carbocycles. The van der Waals surface area contributed by atoms with Crippen LogP contribution in [0.3, 0.4) is 0 Å². The predicted octanol–water partition coefficient (Wildman–Crippen LogP) is 2.30. The molecule has 1 aromatic carbocycles. The van der Waals surface area contributed by atoms with Gasteiger partial charge in [-0.25, -0.2) is 0 Å². The van der Waals surface area contributed by atoms with Gasteiger partial charge in [0, 0.05) is 6.04 Å². The van der Waals surface area contributed by atoms with Crippen molar-refractivity contribution in [2.75, 3.05) is 0 Å². The van der Waals surface area contributed by atoms with Gasteiger partial charge < -0.3 is 0 Å². The maximum Gasteiger partial charge on any atom is 0.0462 e. The zero-order valence-corrected chi connectivity index (χ0v) is 8.38. The Balaban J connectivity index is 2.84. The summed E-state index contributed by atoms with van der Waals surface area (Å²) >= 11 is 0. The normalized spacial score (nSPS) is 12.8. The molecule has 0 aliphatic carbocycles. The average Bonchev–Trinajstić information content (AvgIpc) is 2.16. The van der Waals surface area contributed by atoms with Crippen LogP contribution in [0.15, 0.2) is 24.3 Å². The largest absolute Gasteiger partial charge is 0.271 e. The van der Waals surface area contributed by atoms with E-state index in [4.69, 9.17) is 5.84 Å². The summed E-state index contributed by atoms with van der Waals surface area (Å²) in [5, 5.41) is 0. The molecule has 0 fully saturated rings. The van der Waals surface area contributed by atoms with Gasteiger partial charge in [-0.05, 0) is 24.5 Å². The third-order valence-electron chi connectivity index (χ3n) is 2.34. The first-order valence-electron chi connectivity index (χ1n) is 4.81. The first kappa shape index (κ1) is 10.2. The molecule has 72 valence electrons. The summed E-state index contributed by atoms with van der Waals surface area (Å²) in [7, 11) is 0. The van der Waals surface area contributed by atoms with Gasteiger partial charge in [-0.2, -0.15) is 0 Å². The summed E-state index contributed by atoms with van der Waals surface area (Å²) in [6.45, 7) is 4.29. The van der Waals surface area contributed by atoms with E-state index in [9.17, 15) is 0 Å². The van der Waals surface area contributed by atoms with Crippen molar-refractivity contribution >= 4 is 0 Å². The van der Waals surface area contributed by atoms with Crippen LogP contribution >= 0.6 is 0 Å². The van der Waals surface area contributed by atoms with Crippen LogP contribution < -0.4 is 11.3 Å². The van der Waals surface area contributed by atoms with Crippen molar-refractivity contribution in [3.8, 4) is 0 Å². The van der Waals surface area contributed by atoms with Crippen molar-refractivity contribution in [1.82, 2.24) is 5.43 Å². The third kappa shape index (κ3) is 2.54. The van der Waals surface area contributed by atoms with E-state index in [1.165, 1.54) is 11.1 Å². The second-order valence-corrected chi connectivity index (χ2v) is 3.36. The lowest BCUT2D eigenvalue weighted by Crippen LogP contribution is -2.28. The Hall–Kier alpha value is -0.860. The van der Waals surface area contributed by atoms with Gasteiger partial charge in [0.05, 0.1) is 0 Å². The molecule has 0 bridgehead atoms. The Bertz CT molecular complexity index is 258. The summed E-state index contributed by atoms with van der Waals surface area (Å²) in [6, 6.07) is 8.66. The lowest BCUT2D eigenvalue weighted by molar-refractivity contribution is 0.508. The van der Waals surface area contributed by atoms with Crippen LogP contribution in [-0.2, 0) is 0 Å². The number of benzene rings is 1. The second-order valence-electron chi connectivity index (χ2n) is 3.36. The number of nitrogens with two attached hydrogens (primary N) is 1. The molecule has 0 aromatic heterocycles. The molecule has 1 atom stereocenters. The predicted molar refractivity (Wildman–Crippen MR) is 56.2 cm³/mol. The molecule has 0 aliphatic rings. The maximum atomic E-state index is 5.51. The molecule has 2 nitrogen and oxygen atoms in total. The highest BCUT2D eigenvalue weighted by atomic mass is 15.2. The van der Waals surface area contributed by atoms with Gasteiger partial charge in [0.15, 0.2) is 0 Å². The Morgan fingerprint density at radius 2 is 2.08 bits per heavy atom. The molecule has 1 rings (SSSR count). The zero-order chi connectivity index (χ0) is 9.68. The molecular formula is C11H18N2. The van der Waals surface area contributed by atoms with E-state index < -0.39 is 0 Å². The fraction of sp³-hybridized carbons (Fsp3) is 0.455. The molecule has 2 heteroatoms. The third-order valence-corrected chi connectivity index (χ3v) is 2.34. The Labute approximate surface area is 80.1 Å². The summed E-state index contributed by atoms with van der Waals surface area (Å²) in [5.41, 5.74) is 5.48. The lowest BCUT2D eigenvalue weighted by Gasteiger charge is -2.17. The SMILES string of the molecule is CCCC(NN)c1ccccc1C. The van der Waals surface area contributed by atoms with Gasteiger partial charge in [-0.3, -0.25) is 11.3 Å². The summed E-state index contributed by atoms with van der Waals surface area (Å²) < 4.78 is 0. The van der Waals surface area contributed by atoms with Crippen molar-refractivity contribution in [3.05, 3.63) is 35.4 Å². The highest BCUT2D eigenvalue weighted by Gasteiger charge is 2.09. The van der Waals surface area contributed by atoms with Crippen LogP contribution in [0.2, 0.25) is 0 Å². The molecular weight excluding hydrogens is 160 g/mol. The Morgan fingerprint density at radius 1 is 1.38 bits per heavy atom. The van der Waals surface area contributed by atoms with Crippen molar-refractivity contribution < 1.29 is 0 Å². The Morgan fingerprint density at radius 3 is 2.62 bits per heavy atom. The number of rotatable bonds is 4. The molecule has 0 amide bonds. The summed E-state index contributed by atoms with van der Waals surface area (Å²) in [5.74, 6) is 5.51. The highest BCUT2D eigenvalue weighted by molar-refractivity contribution is 5.28. The lowest BCUT2D eigenvalue weighted by atomic mass is 9.98. The van der Waals surface area contributed by atoms with Crippen LogP contribution in [0.4, 0.5) is 0 Å². The molecule has 0 spiro atoms. The van der Waals surface area contributed by atoms with Gasteiger partial charge in [-0.1, -0.05) is 37.6 Å². The number of hydrogen-bond acceptors (Lipinski definition) is 2. The number of hydrazine groups is 1. The fourth-order valence-corrected chi connectivity index (χ4v) is 1.60. The highest BCUT2D eigenvalue weighted by Crippen LogP contribution is 2.20. The Kier molecular flexibility index (Phi) is 3.93. The number of aryl methyl sites for hydroxylation is 1. The molecule has 1 unspecified atom stereocenters. The molecule has 0 heterocycles. The van der Waals surface area contributed by atoms with E-state index in [2.05, 4.69) is 43.5 Å².